The molecule has 0 unspecified atom stereocenters. The molecule has 0 aliphatic rings. The summed E-state index contributed by atoms with van der Waals surface area (Å²) in [7, 11) is 0.500. The van der Waals surface area contributed by atoms with Gasteiger partial charge in [0.1, 0.15) is 6.17 Å². The molecule has 0 rings (SSSR count). The summed E-state index contributed by atoms with van der Waals surface area (Å²) in [6, 6.07) is 0. The molecule has 0 aromatic heterocycles. The van der Waals surface area contributed by atoms with Crippen LogP contribution < -0.4 is 0 Å². The van der Waals surface area contributed by atoms with Crippen molar-refractivity contribution in [1.29, 1.82) is 0 Å². The van der Waals surface area contributed by atoms with Crippen molar-refractivity contribution in [1.82, 2.24) is 0 Å². The van der Waals surface area contributed by atoms with Crippen LogP contribution in [0, 0.1) is 12.6 Å². The molecule has 58 valence electrons. The van der Waals surface area contributed by atoms with E-state index >= 15 is 0 Å². The second kappa shape index (κ2) is 1730. The number of rotatable bonds is 0. The molecular formula is C7H16F2. The van der Waals surface area contributed by atoms with Crippen LogP contribution >= 0.6 is 0 Å². The minimum absolute atomic E-state index is 0.500. The van der Waals surface area contributed by atoms with E-state index in [9.17, 15) is 8.78 Å². The average Bonchev–Trinajstić information content (AvgIpc) is 2.01. The first kappa shape index (κ1) is 23.7. The van der Waals surface area contributed by atoms with E-state index in [0.717, 1.165) is 6.17 Å². The molecule has 0 aromatic rings. The van der Waals surface area contributed by atoms with Crippen LogP contribution in [0.2, 0.25) is 0 Å². The Morgan fingerprint density at radius 1 is 1.00 bits per heavy atom. The lowest BCUT2D eigenvalue weighted by Crippen LogP contribution is -1.02. The lowest BCUT2D eigenvalue weighted by Gasteiger charge is -1.17. The third kappa shape index (κ3) is 648. The monoisotopic (exact) mass is 138 g/mol. The Labute approximate surface area is 57.3 Å². The molecule has 0 heterocycles. The van der Waals surface area contributed by atoms with Crippen molar-refractivity contribution in [2.24, 2.45) is 0 Å². The number of halogens is 2. The van der Waals surface area contributed by atoms with Crippen molar-refractivity contribution in [2.45, 2.75) is 27.7 Å². The van der Waals surface area contributed by atoms with Crippen LogP contribution in [0.4, 0.5) is 8.78 Å². The van der Waals surface area contributed by atoms with Gasteiger partial charge < -0.3 is 0 Å². The van der Waals surface area contributed by atoms with E-state index < -0.39 is 0 Å². The first-order chi connectivity index (χ1) is 4.41. The SMILES string of the molecule is C#CF.CC.CC.CF. The molecule has 0 amide bonds. The van der Waals surface area contributed by atoms with Gasteiger partial charge in [0, 0.05) is 0 Å². The zero-order chi connectivity index (χ0) is 8.71. The molecule has 0 radical (unpaired) electrons. The Morgan fingerprint density at radius 3 is 1.00 bits per heavy atom. The molecule has 0 fully saturated rings. The van der Waals surface area contributed by atoms with E-state index in [1.54, 1.807) is 0 Å². The number of hydrogen-bond donors (Lipinski definition) is 0. The molecule has 0 aliphatic carbocycles. The first-order valence-electron chi connectivity index (χ1n) is 2.86. The summed E-state index contributed by atoms with van der Waals surface area (Å²) >= 11 is 0. The lowest BCUT2D eigenvalue weighted by molar-refractivity contribution is 0.636. The highest BCUT2D eigenvalue weighted by Gasteiger charge is 1.15. The molecule has 0 N–H and O–H groups in total. The third-order valence-corrected chi connectivity index (χ3v) is 0. The van der Waals surface area contributed by atoms with Crippen LogP contribution in [-0.2, 0) is 0 Å². The van der Waals surface area contributed by atoms with Gasteiger partial charge in [0.15, 0.2) is 0 Å². The van der Waals surface area contributed by atoms with E-state index in [2.05, 4.69) is 6.42 Å². The molecule has 2 heteroatoms. The highest BCUT2D eigenvalue weighted by atomic mass is 19.1. The summed E-state index contributed by atoms with van der Waals surface area (Å²) in [5.41, 5.74) is 0. The van der Waals surface area contributed by atoms with Gasteiger partial charge in [-0.15, -0.1) is 4.39 Å². The Hall–Kier alpha value is -0.580. The summed E-state index contributed by atoms with van der Waals surface area (Å²) < 4.78 is 19.3. The van der Waals surface area contributed by atoms with E-state index in [0.29, 0.717) is 7.18 Å². The fraction of sp³-hybridized carbons (Fsp3) is 0.714. The molecule has 0 bridgehead atoms. The van der Waals surface area contributed by atoms with Crippen LogP contribution in [-0.4, -0.2) is 7.18 Å². The largest absolute Gasteiger partial charge is 0.255 e. The van der Waals surface area contributed by atoms with E-state index in [-0.39, 0.29) is 0 Å². The van der Waals surface area contributed by atoms with Crippen molar-refractivity contribution in [2.75, 3.05) is 7.18 Å². The Balaban J connectivity index is -0.0000000190. The summed E-state index contributed by atoms with van der Waals surface area (Å²) in [5, 5.41) is 0. The van der Waals surface area contributed by atoms with Gasteiger partial charge in [-0.1, -0.05) is 34.1 Å². The van der Waals surface area contributed by atoms with Crippen LogP contribution in [0.1, 0.15) is 27.7 Å². The average molecular weight is 138 g/mol. The standard InChI is InChI=1S/C2HF.2C2H6.CH3F/c1-2-3;3*1-2/h1H;2*1-2H3;1H3. The highest BCUT2D eigenvalue weighted by molar-refractivity contribution is 4.63. The van der Waals surface area contributed by atoms with Crippen molar-refractivity contribution >= 4 is 0 Å². The van der Waals surface area contributed by atoms with Gasteiger partial charge in [0.2, 0.25) is 0 Å². The van der Waals surface area contributed by atoms with Gasteiger partial charge in [-0.3, -0.25) is 4.39 Å². The molecule has 0 saturated heterocycles. The lowest BCUT2D eigenvalue weighted by atomic mass is 11.0. The summed E-state index contributed by atoms with van der Waals surface area (Å²) in [6.07, 6.45) is 4.68. The van der Waals surface area contributed by atoms with Gasteiger partial charge in [-0.25, -0.2) is 0 Å². The Kier molecular flexibility index (Phi) is 4570. The smallest absolute Gasteiger partial charge is 0.102 e. The molecule has 0 atom stereocenters. The zero-order valence-electron chi connectivity index (χ0n) is 6.83. The van der Waals surface area contributed by atoms with Gasteiger partial charge in [-0.2, -0.15) is 0 Å². The maximum absolute atomic E-state index is 9.82. The van der Waals surface area contributed by atoms with Crippen molar-refractivity contribution in [3.63, 3.8) is 0 Å². The quantitative estimate of drug-likeness (QED) is 0.451. The van der Waals surface area contributed by atoms with Crippen molar-refractivity contribution in [3.8, 4) is 12.6 Å². The topological polar surface area (TPSA) is 0 Å². The first-order valence-corrected chi connectivity index (χ1v) is 2.86. The highest BCUT2D eigenvalue weighted by Crippen LogP contribution is 1.34. The van der Waals surface area contributed by atoms with Crippen LogP contribution in [0.15, 0.2) is 0 Å². The maximum atomic E-state index is 9.82. The summed E-state index contributed by atoms with van der Waals surface area (Å²) in [4.78, 5) is 0. The second-order valence-electron chi connectivity index (χ2n) is 0.109. The molecule has 0 spiro atoms. The Bertz CT molecular complexity index is 28.4. The minimum atomic E-state index is 0.500. The molecule has 0 aliphatic heterocycles. The van der Waals surface area contributed by atoms with E-state index in [1.807, 2.05) is 27.7 Å². The molecule has 0 nitrogen and oxygen atoms in total. The summed E-state index contributed by atoms with van der Waals surface area (Å²) in [6.45, 7) is 8.00. The third-order valence-electron chi connectivity index (χ3n) is 0. The molecular weight excluding hydrogens is 122 g/mol. The molecule has 9 heavy (non-hydrogen) atoms. The minimum Gasteiger partial charge on any atom is -0.255 e. The van der Waals surface area contributed by atoms with E-state index in [4.69, 9.17) is 0 Å². The number of hydrogen-bond acceptors (Lipinski definition) is 0. The predicted octanol–water partition coefficient (Wildman–Crippen LogP) is 3.18. The van der Waals surface area contributed by atoms with Crippen LogP contribution in [0.5, 0.6) is 0 Å². The van der Waals surface area contributed by atoms with Gasteiger partial charge in [0.05, 0.1) is 7.18 Å². The predicted molar refractivity (Wildman–Crippen MR) is 39.7 cm³/mol. The number of terminal acetylenes is 1. The van der Waals surface area contributed by atoms with Gasteiger partial charge in [-0.05, 0) is 0 Å². The second-order valence-corrected chi connectivity index (χ2v) is 0.109. The van der Waals surface area contributed by atoms with E-state index in [1.165, 1.54) is 0 Å². The van der Waals surface area contributed by atoms with Gasteiger partial charge >= 0.3 is 0 Å². The Morgan fingerprint density at radius 2 is 1.00 bits per heavy atom. The van der Waals surface area contributed by atoms with Crippen LogP contribution in [0.25, 0.3) is 0 Å². The molecule has 0 saturated carbocycles. The normalized spacial score (nSPS) is 2.89. The van der Waals surface area contributed by atoms with Crippen LogP contribution in [0.3, 0.4) is 0 Å². The van der Waals surface area contributed by atoms with Crippen molar-refractivity contribution < 1.29 is 8.78 Å². The fourth-order valence-electron chi connectivity index (χ4n) is 0. The molecule has 0 aromatic carbocycles. The van der Waals surface area contributed by atoms with Crippen molar-refractivity contribution in [3.05, 3.63) is 0 Å². The number of alkyl halides is 1. The summed E-state index contributed by atoms with van der Waals surface area (Å²) in [5.74, 6) is 0. The fourth-order valence-corrected chi connectivity index (χ4v) is 0. The van der Waals surface area contributed by atoms with Gasteiger partial charge in [0.25, 0.3) is 0 Å². The maximum Gasteiger partial charge on any atom is 0.102 e. The zero-order valence-corrected chi connectivity index (χ0v) is 6.83.